The van der Waals surface area contributed by atoms with Gasteiger partial charge in [-0.2, -0.15) is 23.4 Å². The first-order valence-corrected chi connectivity index (χ1v) is 10.3. The number of rotatable bonds is 8. The molecule has 0 spiro atoms. The number of hydrogen-bond donors (Lipinski definition) is 0. The van der Waals surface area contributed by atoms with E-state index in [1.54, 1.807) is 12.1 Å². The number of benzene rings is 2. The van der Waals surface area contributed by atoms with E-state index in [0.29, 0.717) is 17.7 Å². The molecule has 0 saturated carbocycles. The van der Waals surface area contributed by atoms with Gasteiger partial charge in [-0.15, -0.1) is 0 Å². The number of Topliss-reactive ketones (excluding diaryl/α,β-unsaturated/α-hetero) is 1. The molecule has 0 amide bonds. The zero-order valence-corrected chi connectivity index (χ0v) is 18.4. The first-order valence-electron chi connectivity index (χ1n) is 10.3. The number of aryl methyl sites for hydroxylation is 1. The number of halogens is 3. The SMILES string of the molecule is CC(=O)CCCc1cccc(-c2noc(-c3ccc(OC(C)C)c(C#N)c3)n2)c1C(F)(F)F. The van der Waals surface area contributed by atoms with Crippen LogP contribution in [0.25, 0.3) is 22.8 Å². The van der Waals surface area contributed by atoms with Gasteiger partial charge in [-0.1, -0.05) is 23.4 Å². The Bertz CT molecular complexity index is 1190. The average Bonchev–Trinajstić information content (AvgIpc) is 3.22. The van der Waals surface area contributed by atoms with E-state index < -0.39 is 11.7 Å². The zero-order chi connectivity index (χ0) is 24.2. The van der Waals surface area contributed by atoms with E-state index >= 15 is 0 Å². The number of nitrogens with zero attached hydrogens (tertiary/aromatic N) is 3. The number of carbonyl (C=O) groups is 1. The van der Waals surface area contributed by atoms with Crippen molar-refractivity contribution in [3.8, 4) is 34.7 Å². The minimum absolute atomic E-state index is 0.0206. The first kappa shape index (κ1) is 24.0. The van der Waals surface area contributed by atoms with Crippen molar-refractivity contribution in [2.24, 2.45) is 0 Å². The summed E-state index contributed by atoms with van der Waals surface area (Å²) in [7, 11) is 0. The quantitative estimate of drug-likeness (QED) is 0.413. The lowest BCUT2D eigenvalue weighted by molar-refractivity contribution is -0.137. The fourth-order valence-electron chi connectivity index (χ4n) is 3.41. The van der Waals surface area contributed by atoms with Gasteiger partial charge in [0.05, 0.1) is 17.2 Å². The second-order valence-electron chi connectivity index (χ2n) is 7.81. The van der Waals surface area contributed by atoms with Gasteiger partial charge >= 0.3 is 6.18 Å². The Morgan fingerprint density at radius 1 is 1.24 bits per heavy atom. The summed E-state index contributed by atoms with van der Waals surface area (Å²) in [5, 5.41) is 13.2. The van der Waals surface area contributed by atoms with E-state index in [-0.39, 0.29) is 53.1 Å². The maximum atomic E-state index is 14.0. The lowest BCUT2D eigenvalue weighted by Crippen LogP contribution is -2.12. The lowest BCUT2D eigenvalue weighted by atomic mass is 9.95. The lowest BCUT2D eigenvalue weighted by Gasteiger charge is -2.15. The van der Waals surface area contributed by atoms with Gasteiger partial charge in [0.15, 0.2) is 0 Å². The van der Waals surface area contributed by atoms with Crippen molar-refractivity contribution in [3.63, 3.8) is 0 Å². The molecule has 9 heteroatoms. The smallest absolute Gasteiger partial charge is 0.417 e. The molecule has 6 nitrogen and oxygen atoms in total. The number of ether oxygens (including phenoxy) is 1. The molecule has 0 aliphatic carbocycles. The molecular weight excluding hydrogens is 435 g/mol. The van der Waals surface area contributed by atoms with Crippen LogP contribution in [0.2, 0.25) is 0 Å². The van der Waals surface area contributed by atoms with Gasteiger partial charge in [-0.3, -0.25) is 0 Å². The third-order valence-corrected chi connectivity index (χ3v) is 4.79. The second kappa shape index (κ2) is 9.86. The van der Waals surface area contributed by atoms with E-state index in [4.69, 9.17) is 9.26 Å². The second-order valence-corrected chi connectivity index (χ2v) is 7.81. The summed E-state index contributed by atoms with van der Waals surface area (Å²) in [4.78, 5) is 15.3. The van der Waals surface area contributed by atoms with Crippen LogP contribution in [0.4, 0.5) is 13.2 Å². The molecule has 0 atom stereocenters. The van der Waals surface area contributed by atoms with Crippen molar-refractivity contribution in [1.29, 1.82) is 5.26 Å². The van der Waals surface area contributed by atoms with E-state index in [0.717, 1.165) is 0 Å². The largest absolute Gasteiger partial charge is 0.490 e. The van der Waals surface area contributed by atoms with Gasteiger partial charge in [0.1, 0.15) is 17.6 Å². The highest BCUT2D eigenvalue weighted by molar-refractivity contribution is 5.75. The Hall–Kier alpha value is -3.67. The molecule has 0 saturated heterocycles. The van der Waals surface area contributed by atoms with Crippen LogP contribution < -0.4 is 4.74 Å². The summed E-state index contributed by atoms with van der Waals surface area (Å²) in [6.07, 6.45) is -4.18. The number of nitriles is 1. The van der Waals surface area contributed by atoms with Crippen molar-refractivity contribution in [1.82, 2.24) is 10.1 Å². The summed E-state index contributed by atoms with van der Waals surface area (Å²) < 4.78 is 52.7. The maximum Gasteiger partial charge on any atom is 0.417 e. The molecule has 0 aliphatic heterocycles. The number of hydrogen-bond acceptors (Lipinski definition) is 6. The molecule has 2 aromatic carbocycles. The Balaban J connectivity index is 1.99. The standard InChI is InChI=1S/C24H22F3N3O3/c1-14(2)32-20-11-10-17(12-18(20)13-28)23-29-22(30-33-23)19-9-5-8-16(7-4-6-15(3)31)21(19)24(25,26)27/h5,8-12,14H,4,6-7H2,1-3H3. The van der Waals surface area contributed by atoms with Crippen LogP contribution in [0.5, 0.6) is 5.75 Å². The zero-order valence-electron chi connectivity index (χ0n) is 18.4. The van der Waals surface area contributed by atoms with Crippen molar-refractivity contribution in [3.05, 3.63) is 53.1 Å². The molecule has 0 radical (unpaired) electrons. The topological polar surface area (TPSA) is 89.0 Å². The van der Waals surface area contributed by atoms with Crippen LogP contribution in [-0.4, -0.2) is 22.0 Å². The van der Waals surface area contributed by atoms with Gasteiger partial charge in [0, 0.05) is 17.5 Å². The monoisotopic (exact) mass is 457 g/mol. The molecule has 3 aromatic rings. The molecule has 33 heavy (non-hydrogen) atoms. The van der Waals surface area contributed by atoms with Gasteiger partial charge in [-0.05, 0) is 57.4 Å². The van der Waals surface area contributed by atoms with E-state index in [9.17, 15) is 23.2 Å². The van der Waals surface area contributed by atoms with Gasteiger partial charge in [0.2, 0.25) is 5.82 Å². The molecule has 3 rings (SSSR count). The van der Waals surface area contributed by atoms with Gasteiger partial charge < -0.3 is 14.1 Å². The minimum Gasteiger partial charge on any atom is -0.490 e. The van der Waals surface area contributed by atoms with Crippen molar-refractivity contribution < 1.29 is 27.2 Å². The summed E-state index contributed by atoms with van der Waals surface area (Å²) in [5.74, 6) is 0.0668. The number of ketones is 1. The molecule has 172 valence electrons. The van der Waals surface area contributed by atoms with E-state index in [1.807, 2.05) is 19.9 Å². The molecule has 0 unspecified atom stereocenters. The van der Waals surface area contributed by atoms with Gasteiger partial charge in [0.25, 0.3) is 5.89 Å². The maximum absolute atomic E-state index is 14.0. The first-order chi connectivity index (χ1) is 15.6. The summed E-state index contributed by atoms with van der Waals surface area (Å²) in [6.45, 7) is 5.05. The molecule has 0 N–H and O–H groups in total. The Labute approximate surface area is 189 Å². The highest BCUT2D eigenvalue weighted by atomic mass is 19.4. The molecule has 1 heterocycles. The molecular formula is C24H22F3N3O3. The fraction of sp³-hybridized carbons (Fsp3) is 0.333. The fourth-order valence-corrected chi connectivity index (χ4v) is 3.41. The molecule has 0 aliphatic rings. The predicted octanol–water partition coefficient (Wildman–Crippen LogP) is 5.99. The highest BCUT2D eigenvalue weighted by Gasteiger charge is 2.37. The summed E-state index contributed by atoms with van der Waals surface area (Å²) >= 11 is 0. The van der Waals surface area contributed by atoms with E-state index in [1.165, 1.54) is 31.2 Å². The number of carbonyl (C=O) groups excluding carboxylic acids is 1. The Morgan fingerprint density at radius 3 is 2.64 bits per heavy atom. The normalized spacial score (nSPS) is 11.5. The van der Waals surface area contributed by atoms with Crippen molar-refractivity contribution >= 4 is 5.78 Å². The van der Waals surface area contributed by atoms with Crippen molar-refractivity contribution in [2.45, 2.75) is 52.3 Å². The number of alkyl halides is 3. The average molecular weight is 457 g/mol. The van der Waals surface area contributed by atoms with Crippen LogP contribution >= 0.6 is 0 Å². The van der Waals surface area contributed by atoms with Gasteiger partial charge in [-0.25, -0.2) is 0 Å². The van der Waals surface area contributed by atoms with Crippen LogP contribution in [0.15, 0.2) is 40.9 Å². The summed E-state index contributed by atoms with van der Waals surface area (Å²) in [6, 6.07) is 10.9. The number of aromatic nitrogens is 2. The van der Waals surface area contributed by atoms with Crippen LogP contribution in [0, 0.1) is 11.3 Å². The van der Waals surface area contributed by atoms with Crippen LogP contribution in [-0.2, 0) is 17.4 Å². The third kappa shape index (κ3) is 5.77. The minimum atomic E-state index is -4.65. The molecule has 0 fully saturated rings. The predicted molar refractivity (Wildman–Crippen MR) is 114 cm³/mol. The highest BCUT2D eigenvalue weighted by Crippen LogP contribution is 2.39. The van der Waals surface area contributed by atoms with Crippen LogP contribution in [0.1, 0.15) is 50.3 Å². The Morgan fingerprint density at radius 2 is 2.00 bits per heavy atom. The third-order valence-electron chi connectivity index (χ3n) is 4.79. The van der Waals surface area contributed by atoms with Crippen LogP contribution in [0.3, 0.4) is 0 Å². The van der Waals surface area contributed by atoms with Crippen molar-refractivity contribution in [2.75, 3.05) is 0 Å². The van der Waals surface area contributed by atoms with E-state index in [2.05, 4.69) is 10.1 Å². The summed E-state index contributed by atoms with van der Waals surface area (Å²) in [5.41, 5.74) is -0.371. The Kier molecular flexibility index (Phi) is 7.16. The molecule has 0 bridgehead atoms. The molecule has 1 aromatic heterocycles.